The van der Waals surface area contributed by atoms with Crippen LogP contribution in [0.2, 0.25) is 0 Å². The zero-order valence-electron chi connectivity index (χ0n) is 22.0. The number of ketones is 1. The Bertz CT molecular complexity index is 859. The van der Waals surface area contributed by atoms with Crippen molar-refractivity contribution in [3.8, 4) is 0 Å². The SMILES string of the molecule is CC(C)C.COCC(NC(=O)c1cc(C)on1)C(=O)NCC(=O)N[C@@H](CC(C)C)C(=O)[C@@]1(C)CO1. The number of carbonyl (C=O) groups is 4. The second kappa shape index (κ2) is 13.9. The first kappa shape index (κ1) is 30.2. The molecule has 1 aliphatic heterocycles. The molecule has 2 rings (SSSR count). The summed E-state index contributed by atoms with van der Waals surface area (Å²) in [7, 11) is 1.38. The van der Waals surface area contributed by atoms with Crippen LogP contribution in [0.4, 0.5) is 0 Å². The number of aryl methyl sites for hydroxylation is 1. The Balaban J connectivity index is 0.00000142. The Morgan fingerprint density at radius 1 is 1.11 bits per heavy atom. The van der Waals surface area contributed by atoms with Gasteiger partial charge in [0.05, 0.1) is 25.8 Å². The molecular weight excluding hydrogens is 456 g/mol. The first-order chi connectivity index (χ1) is 16.3. The standard InChI is InChI=1S/C20H30N4O7.C4H10/c1-11(2)6-13(17(26)20(4)10-30-20)22-16(25)8-21-18(27)15(9-29-5)23-19(28)14-7-12(3)31-24-14;1-4(2)3/h7,11,13,15H,6,8-10H2,1-5H3,(H,21,27)(H,22,25)(H,23,28);4H,1-3H3/t13-,15?,20+;/m0./s1. The molecule has 0 aliphatic carbocycles. The van der Waals surface area contributed by atoms with Crippen LogP contribution in [0.25, 0.3) is 0 Å². The van der Waals surface area contributed by atoms with Gasteiger partial charge in [-0.1, -0.05) is 39.8 Å². The van der Waals surface area contributed by atoms with E-state index in [0.29, 0.717) is 18.8 Å². The summed E-state index contributed by atoms with van der Waals surface area (Å²) in [5.74, 6) is -0.480. The molecule has 1 saturated heterocycles. The van der Waals surface area contributed by atoms with Crippen molar-refractivity contribution in [3.63, 3.8) is 0 Å². The lowest BCUT2D eigenvalue weighted by Gasteiger charge is -2.22. The van der Waals surface area contributed by atoms with Crippen LogP contribution in [-0.4, -0.2) is 73.2 Å². The van der Waals surface area contributed by atoms with E-state index in [0.717, 1.165) is 5.92 Å². The molecule has 1 aliphatic rings. The zero-order chi connectivity index (χ0) is 26.8. The number of ether oxygens (including phenoxy) is 2. The van der Waals surface area contributed by atoms with Crippen molar-refractivity contribution < 1.29 is 33.2 Å². The number of carbonyl (C=O) groups excluding carboxylic acids is 4. The normalized spacial score (nSPS) is 18.2. The van der Waals surface area contributed by atoms with Gasteiger partial charge in [-0.3, -0.25) is 19.2 Å². The van der Waals surface area contributed by atoms with Crippen molar-refractivity contribution in [2.75, 3.05) is 26.9 Å². The van der Waals surface area contributed by atoms with Gasteiger partial charge in [0.25, 0.3) is 5.91 Å². The molecule has 3 atom stereocenters. The van der Waals surface area contributed by atoms with E-state index >= 15 is 0 Å². The van der Waals surface area contributed by atoms with Gasteiger partial charge in [-0.25, -0.2) is 0 Å². The van der Waals surface area contributed by atoms with Crippen molar-refractivity contribution in [3.05, 3.63) is 17.5 Å². The number of epoxide rings is 1. The fourth-order valence-electron chi connectivity index (χ4n) is 2.91. The molecule has 1 unspecified atom stereocenters. The summed E-state index contributed by atoms with van der Waals surface area (Å²) in [6, 6.07) is -0.323. The molecule has 0 aromatic carbocycles. The third-order valence-corrected chi connectivity index (χ3v) is 4.70. The molecule has 0 spiro atoms. The predicted octanol–water partition coefficient (Wildman–Crippen LogP) is 1.40. The largest absolute Gasteiger partial charge is 0.382 e. The minimum atomic E-state index is -1.05. The summed E-state index contributed by atoms with van der Waals surface area (Å²) >= 11 is 0. The first-order valence-corrected chi connectivity index (χ1v) is 11.8. The van der Waals surface area contributed by atoms with Crippen LogP contribution in [0, 0.1) is 18.8 Å². The maximum absolute atomic E-state index is 12.6. The second-order valence-corrected chi connectivity index (χ2v) is 9.89. The van der Waals surface area contributed by atoms with Crippen LogP contribution in [0.15, 0.2) is 10.6 Å². The van der Waals surface area contributed by atoms with Gasteiger partial charge in [0.2, 0.25) is 11.8 Å². The van der Waals surface area contributed by atoms with Gasteiger partial charge in [-0.2, -0.15) is 0 Å². The third kappa shape index (κ3) is 11.0. The topological polar surface area (TPSA) is 152 Å². The van der Waals surface area contributed by atoms with Crippen molar-refractivity contribution in [1.29, 1.82) is 0 Å². The highest BCUT2D eigenvalue weighted by Crippen LogP contribution is 2.29. The Morgan fingerprint density at radius 3 is 2.17 bits per heavy atom. The van der Waals surface area contributed by atoms with E-state index in [-0.39, 0.29) is 30.5 Å². The highest BCUT2D eigenvalue weighted by atomic mass is 16.6. The van der Waals surface area contributed by atoms with Crippen molar-refractivity contribution >= 4 is 23.5 Å². The smallest absolute Gasteiger partial charge is 0.274 e. The highest BCUT2D eigenvalue weighted by Gasteiger charge is 2.50. The fraction of sp³-hybridized carbons (Fsp3) is 0.708. The molecule has 11 heteroatoms. The van der Waals surface area contributed by atoms with Gasteiger partial charge in [0, 0.05) is 13.2 Å². The quantitative estimate of drug-likeness (QED) is 0.367. The average molecular weight is 497 g/mol. The van der Waals surface area contributed by atoms with Crippen LogP contribution < -0.4 is 16.0 Å². The predicted molar refractivity (Wildman–Crippen MR) is 129 cm³/mol. The van der Waals surface area contributed by atoms with Crippen molar-refractivity contribution in [1.82, 2.24) is 21.1 Å². The first-order valence-electron chi connectivity index (χ1n) is 11.8. The molecule has 35 heavy (non-hydrogen) atoms. The molecule has 1 fully saturated rings. The zero-order valence-corrected chi connectivity index (χ0v) is 22.0. The highest BCUT2D eigenvalue weighted by molar-refractivity contribution is 5.98. The Labute approximate surface area is 207 Å². The number of rotatable bonds is 12. The molecule has 0 saturated carbocycles. The minimum Gasteiger partial charge on any atom is -0.382 e. The summed E-state index contributed by atoms with van der Waals surface area (Å²) in [5, 5.41) is 11.2. The molecule has 1 aromatic heterocycles. The van der Waals surface area contributed by atoms with Crippen molar-refractivity contribution in [2.45, 2.75) is 72.6 Å². The number of nitrogens with one attached hydrogen (secondary N) is 3. The molecule has 3 amide bonds. The Morgan fingerprint density at radius 2 is 1.71 bits per heavy atom. The number of hydrogen-bond donors (Lipinski definition) is 3. The van der Waals surface area contributed by atoms with Gasteiger partial charge < -0.3 is 29.9 Å². The van der Waals surface area contributed by atoms with Crippen LogP contribution in [0.5, 0.6) is 0 Å². The average Bonchev–Trinajstić information content (AvgIpc) is 3.36. The van der Waals surface area contributed by atoms with E-state index < -0.39 is 35.4 Å². The lowest BCUT2D eigenvalue weighted by atomic mass is 9.93. The lowest BCUT2D eigenvalue weighted by molar-refractivity contribution is -0.131. The van der Waals surface area contributed by atoms with Crippen LogP contribution in [0.3, 0.4) is 0 Å². The van der Waals surface area contributed by atoms with E-state index in [1.54, 1.807) is 13.8 Å². The number of methoxy groups -OCH3 is 1. The molecule has 2 heterocycles. The van der Waals surface area contributed by atoms with Gasteiger partial charge >= 0.3 is 0 Å². The maximum atomic E-state index is 12.6. The Hall–Kier alpha value is -2.79. The van der Waals surface area contributed by atoms with Crippen LogP contribution in [0.1, 0.15) is 64.2 Å². The summed E-state index contributed by atoms with van der Waals surface area (Å²) in [6.07, 6.45) is 0.455. The monoisotopic (exact) mass is 496 g/mol. The summed E-state index contributed by atoms with van der Waals surface area (Å²) < 4.78 is 15.0. The minimum absolute atomic E-state index is 0.0231. The van der Waals surface area contributed by atoms with E-state index in [1.165, 1.54) is 13.2 Å². The molecule has 3 N–H and O–H groups in total. The molecular formula is C24H40N4O7. The van der Waals surface area contributed by atoms with Crippen LogP contribution >= 0.6 is 0 Å². The van der Waals surface area contributed by atoms with E-state index in [1.807, 2.05) is 13.8 Å². The molecule has 11 nitrogen and oxygen atoms in total. The number of nitrogens with zero attached hydrogens (tertiary/aromatic N) is 1. The second-order valence-electron chi connectivity index (χ2n) is 9.89. The van der Waals surface area contributed by atoms with Gasteiger partial charge in [-0.15, -0.1) is 0 Å². The third-order valence-electron chi connectivity index (χ3n) is 4.70. The van der Waals surface area contributed by atoms with Crippen LogP contribution in [-0.2, 0) is 23.9 Å². The lowest BCUT2D eigenvalue weighted by Crippen LogP contribution is -2.53. The molecule has 198 valence electrons. The Kier molecular flexibility index (Phi) is 12.0. The van der Waals surface area contributed by atoms with Gasteiger partial charge in [0.15, 0.2) is 11.5 Å². The maximum Gasteiger partial charge on any atom is 0.274 e. The summed E-state index contributed by atoms with van der Waals surface area (Å²) in [4.78, 5) is 49.6. The number of hydrogen-bond acceptors (Lipinski definition) is 8. The van der Waals surface area contributed by atoms with Gasteiger partial charge in [-0.05, 0) is 32.1 Å². The summed E-state index contributed by atoms with van der Waals surface area (Å²) in [6.45, 7) is 13.6. The van der Waals surface area contributed by atoms with E-state index in [9.17, 15) is 19.2 Å². The van der Waals surface area contributed by atoms with E-state index in [4.69, 9.17) is 14.0 Å². The number of Topliss-reactive ketones (excluding diaryl/α,β-unsaturated/α-hetero) is 1. The molecule has 0 radical (unpaired) electrons. The van der Waals surface area contributed by atoms with E-state index in [2.05, 4.69) is 41.9 Å². The summed E-state index contributed by atoms with van der Waals surface area (Å²) in [5.41, 5.74) is -0.835. The number of aromatic nitrogens is 1. The molecule has 0 bridgehead atoms. The number of amides is 3. The molecule has 1 aromatic rings. The van der Waals surface area contributed by atoms with Crippen molar-refractivity contribution in [2.24, 2.45) is 11.8 Å². The van der Waals surface area contributed by atoms with Gasteiger partial charge in [0.1, 0.15) is 17.4 Å². The fourth-order valence-corrected chi connectivity index (χ4v) is 2.91.